The molecule has 0 saturated heterocycles. The lowest BCUT2D eigenvalue weighted by molar-refractivity contribution is 1.19. The van der Waals surface area contributed by atoms with Crippen LogP contribution >= 0.6 is 46.4 Å². The van der Waals surface area contributed by atoms with Crippen molar-refractivity contribution in [1.29, 1.82) is 0 Å². The Morgan fingerprint density at radius 2 is 1.47 bits per heavy atom. The van der Waals surface area contributed by atoms with Crippen LogP contribution in [0.2, 0.25) is 20.1 Å². The highest BCUT2D eigenvalue weighted by molar-refractivity contribution is 6.46. The van der Waals surface area contributed by atoms with Gasteiger partial charge in [-0.1, -0.05) is 52.5 Å². The Bertz CT molecular complexity index is 641. The molecule has 100 valence electrons. The van der Waals surface area contributed by atoms with Gasteiger partial charge in [0.1, 0.15) is 0 Å². The highest BCUT2D eigenvalue weighted by Gasteiger charge is 2.13. The van der Waals surface area contributed by atoms with Crippen molar-refractivity contribution in [1.82, 2.24) is 0 Å². The normalized spacial score (nSPS) is 10.7. The minimum atomic E-state index is 0.260. The molecule has 0 radical (unpaired) electrons. The second-order valence-electron chi connectivity index (χ2n) is 4.09. The smallest absolute Gasteiger partial charge is 0.0839 e. The Labute approximate surface area is 131 Å². The largest absolute Gasteiger partial charge is 0.399 e. The van der Waals surface area contributed by atoms with Crippen molar-refractivity contribution in [2.75, 3.05) is 11.5 Å². The first-order valence-corrected chi connectivity index (χ1v) is 6.87. The van der Waals surface area contributed by atoms with Gasteiger partial charge in [-0.2, -0.15) is 0 Å². The van der Waals surface area contributed by atoms with Gasteiger partial charge in [-0.15, -0.1) is 0 Å². The molecule has 0 aliphatic rings. The third-order valence-electron chi connectivity index (χ3n) is 2.73. The molecule has 0 spiro atoms. The van der Waals surface area contributed by atoms with E-state index >= 15 is 0 Å². The Morgan fingerprint density at radius 3 is 2.11 bits per heavy atom. The number of halogens is 4. The van der Waals surface area contributed by atoms with Crippen molar-refractivity contribution < 1.29 is 0 Å². The van der Waals surface area contributed by atoms with Gasteiger partial charge in [0.15, 0.2) is 0 Å². The lowest BCUT2D eigenvalue weighted by Gasteiger charge is -2.11. The summed E-state index contributed by atoms with van der Waals surface area (Å²) in [6.07, 6.45) is 0.498. The highest BCUT2D eigenvalue weighted by Crippen LogP contribution is 2.38. The summed E-state index contributed by atoms with van der Waals surface area (Å²) in [5, 5.41) is 1.59. The van der Waals surface area contributed by atoms with Gasteiger partial charge < -0.3 is 11.5 Å². The van der Waals surface area contributed by atoms with E-state index in [4.69, 9.17) is 57.9 Å². The zero-order chi connectivity index (χ0) is 14.2. The predicted octanol–water partition coefficient (Wildman–Crippen LogP) is 5.06. The van der Waals surface area contributed by atoms with Gasteiger partial charge in [-0.3, -0.25) is 0 Å². The number of hydrogen-bond acceptors (Lipinski definition) is 2. The van der Waals surface area contributed by atoms with E-state index < -0.39 is 0 Å². The summed E-state index contributed by atoms with van der Waals surface area (Å²) < 4.78 is 0. The van der Waals surface area contributed by atoms with E-state index in [1.807, 2.05) is 6.07 Å². The summed E-state index contributed by atoms with van der Waals surface area (Å²) in [6.45, 7) is 0. The molecule has 0 bridgehead atoms. The summed E-state index contributed by atoms with van der Waals surface area (Å²) in [5.74, 6) is 0. The lowest BCUT2D eigenvalue weighted by Crippen LogP contribution is -1.96. The minimum Gasteiger partial charge on any atom is -0.399 e. The number of hydrogen-bond donors (Lipinski definition) is 2. The van der Waals surface area contributed by atoms with Crippen LogP contribution in [0.15, 0.2) is 24.3 Å². The topological polar surface area (TPSA) is 52.0 Å². The summed E-state index contributed by atoms with van der Waals surface area (Å²) in [7, 11) is 0. The summed E-state index contributed by atoms with van der Waals surface area (Å²) >= 11 is 24.3. The quantitative estimate of drug-likeness (QED) is 0.595. The van der Waals surface area contributed by atoms with Crippen molar-refractivity contribution in [3.63, 3.8) is 0 Å². The molecule has 0 aliphatic heterocycles. The van der Waals surface area contributed by atoms with Crippen LogP contribution in [-0.4, -0.2) is 0 Å². The van der Waals surface area contributed by atoms with Gasteiger partial charge in [0.25, 0.3) is 0 Å². The number of anilines is 2. The Balaban J connectivity index is 2.44. The molecule has 2 aromatic rings. The van der Waals surface area contributed by atoms with Crippen molar-refractivity contribution in [2.45, 2.75) is 6.42 Å². The van der Waals surface area contributed by atoms with E-state index in [1.54, 1.807) is 18.2 Å². The minimum absolute atomic E-state index is 0.260. The molecule has 4 N–H and O–H groups in total. The third-order valence-corrected chi connectivity index (χ3v) is 4.31. The average Bonchev–Trinajstić information content (AvgIpc) is 2.36. The van der Waals surface area contributed by atoms with Crippen LogP contribution in [0.4, 0.5) is 11.4 Å². The zero-order valence-electron chi connectivity index (χ0n) is 9.68. The van der Waals surface area contributed by atoms with Gasteiger partial charge in [0.2, 0.25) is 0 Å². The maximum Gasteiger partial charge on any atom is 0.0839 e. The molecule has 0 heterocycles. The number of rotatable bonds is 2. The van der Waals surface area contributed by atoms with Gasteiger partial charge in [-0.05, 0) is 29.3 Å². The zero-order valence-corrected chi connectivity index (χ0v) is 12.7. The molecule has 2 nitrogen and oxygen atoms in total. The summed E-state index contributed by atoms with van der Waals surface area (Å²) in [4.78, 5) is 0. The van der Waals surface area contributed by atoms with Crippen LogP contribution in [0.25, 0.3) is 0 Å². The van der Waals surface area contributed by atoms with Crippen molar-refractivity contribution >= 4 is 57.8 Å². The second kappa shape index (κ2) is 5.68. The molecular weight excluding hydrogens is 326 g/mol. The standard InChI is InChI=1S/C13H10Cl4N2/c14-9-5-8(18)2-1-6(9)3-7-4-10(15)13(19)12(17)11(7)16/h1-2,4-5H,3,18-19H2. The number of nitrogens with two attached hydrogens (primary N) is 2. The first kappa shape index (κ1) is 14.6. The maximum absolute atomic E-state index is 6.17. The SMILES string of the molecule is Nc1ccc(Cc2cc(Cl)c(N)c(Cl)c2Cl)c(Cl)c1. The molecule has 0 fully saturated rings. The van der Waals surface area contributed by atoms with Gasteiger partial charge in [-0.25, -0.2) is 0 Å². The van der Waals surface area contributed by atoms with E-state index in [0.717, 1.165) is 11.1 Å². The molecule has 6 heteroatoms. The Kier molecular flexibility index (Phi) is 4.36. The molecule has 0 atom stereocenters. The van der Waals surface area contributed by atoms with E-state index in [2.05, 4.69) is 0 Å². The van der Waals surface area contributed by atoms with Gasteiger partial charge >= 0.3 is 0 Å². The number of benzene rings is 2. The molecule has 0 amide bonds. The van der Waals surface area contributed by atoms with Crippen LogP contribution in [0.1, 0.15) is 11.1 Å². The van der Waals surface area contributed by atoms with Crippen molar-refractivity contribution in [3.05, 3.63) is 55.5 Å². The molecule has 2 aromatic carbocycles. The summed E-state index contributed by atoms with van der Waals surface area (Å²) in [6, 6.07) is 6.99. The molecule has 0 unspecified atom stereocenters. The molecular formula is C13H10Cl4N2. The van der Waals surface area contributed by atoms with Gasteiger partial charge in [0, 0.05) is 17.1 Å². The van der Waals surface area contributed by atoms with E-state index in [0.29, 0.717) is 27.2 Å². The molecule has 2 rings (SSSR count). The molecule has 0 aliphatic carbocycles. The van der Waals surface area contributed by atoms with Crippen LogP contribution in [0, 0.1) is 0 Å². The first-order valence-electron chi connectivity index (χ1n) is 5.36. The van der Waals surface area contributed by atoms with E-state index in [1.165, 1.54) is 0 Å². The molecule has 19 heavy (non-hydrogen) atoms. The fourth-order valence-corrected chi connectivity index (χ4v) is 2.68. The third kappa shape index (κ3) is 3.03. The van der Waals surface area contributed by atoms with Crippen LogP contribution in [0.5, 0.6) is 0 Å². The van der Waals surface area contributed by atoms with Crippen molar-refractivity contribution in [2.24, 2.45) is 0 Å². The summed E-state index contributed by atoms with van der Waals surface area (Å²) in [5.41, 5.74) is 13.9. The van der Waals surface area contributed by atoms with Crippen LogP contribution < -0.4 is 11.5 Å². The van der Waals surface area contributed by atoms with Gasteiger partial charge in [0.05, 0.1) is 20.8 Å². The first-order chi connectivity index (χ1) is 8.90. The number of nitrogen functional groups attached to an aromatic ring is 2. The lowest BCUT2D eigenvalue weighted by atomic mass is 10.0. The fourth-order valence-electron chi connectivity index (χ4n) is 1.70. The Hall–Kier alpha value is -0.800. The van der Waals surface area contributed by atoms with Crippen LogP contribution in [0.3, 0.4) is 0 Å². The molecule has 0 aromatic heterocycles. The van der Waals surface area contributed by atoms with Crippen LogP contribution in [-0.2, 0) is 6.42 Å². The Morgan fingerprint density at radius 1 is 0.789 bits per heavy atom. The maximum atomic E-state index is 6.17. The van der Waals surface area contributed by atoms with E-state index in [9.17, 15) is 0 Å². The van der Waals surface area contributed by atoms with E-state index in [-0.39, 0.29) is 10.7 Å². The highest BCUT2D eigenvalue weighted by atomic mass is 35.5. The predicted molar refractivity (Wildman–Crippen MR) is 84.6 cm³/mol. The second-order valence-corrected chi connectivity index (χ2v) is 5.66. The monoisotopic (exact) mass is 334 g/mol. The molecule has 0 saturated carbocycles. The average molecular weight is 336 g/mol. The fraction of sp³-hybridized carbons (Fsp3) is 0.0769. The van der Waals surface area contributed by atoms with Crippen molar-refractivity contribution in [3.8, 4) is 0 Å².